The summed E-state index contributed by atoms with van der Waals surface area (Å²) in [4.78, 5) is 25.6. The van der Waals surface area contributed by atoms with Crippen LogP contribution in [0.2, 0.25) is 0 Å². The zero-order chi connectivity index (χ0) is 17.4. The number of anilines is 1. The highest BCUT2D eigenvalue weighted by molar-refractivity contribution is 6.06. The van der Waals surface area contributed by atoms with Gasteiger partial charge < -0.3 is 9.64 Å². The van der Waals surface area contributed by atoms with Crippen LogP contribution >= 0.6 is 0 Å². The summed E-state index contributed by atoms with van der Waals surface area (Å²) >= 11 is 0. The lowest BCUT2D eigenvalue weighted by molar-refractivity contribution is -0.128. The van der Waals surface area contributed by atoms with Crippen molar-refractivity contribution in [2.24, 2.45) is 0 Å². The first-order chi connectivity index (χ1) is 11.7. The lowest BCUT2D eigenvalue weighted by Gasteiger charge is -2.22. The first kappa shape index (κ1) is 17.7. The normalized spacial score (nSPS) is 10.2. The van der Waals surface area contributed by atoms with E-state index in [-0.39, 0.29) is 12.3 Å². The summed E-state index contributed by atoms with van der Waals surface area (Å²) in [6, 6.07) is 16.1. The molecule has 0 atom stereocenters. The van der Waals surface area contributed by atoms with Gasteiger partial charge in [-0.3, -0.25) is 14.8 Å². The molecular formula is C18H20N2O4. The number of benzene rings is 2. The van der Waals surface area contributed by atoms with Gasteiger partial charge in [0.15, 0.2) is 0 Å². The summed E-state index contributed by atoms with van der Waals surface area (Å²) in [6.07, 6.45) is 0.0526. The summed E-state index contributed by atoms with van der Waals surface area (Å²) in [7, 11) is 1.59. The number of carbonyl (C=O) groups is 2. The lowest BCUT2D eigenvalue weighted by Crippen LogP contribution is -2.33. The summed E-state index contributed by atoms with van der Waals surface area (Å²) in [6.45, 7) is 0.864. The van der Waals surface area contributed by atoms with E-state index in [1.54, 1.807) is 41.8 Å². The maximum atomic E-state index is 12.8. The molecule has 0 saturated carbocycles. The molecule has 2 amide bonds. The van der Waals surface area contributed by atoms with E-state index in [1.807, 2.05) is 30.3 Å². The van der Waals surface area contributed by atoms with Crippen molar-refractivity contribution in [3.8, 4) is 0 Å². The van der Waals surface area contributed by atoms with Gasteiger partial charge in [-0.15, -0.1) is 0 Å². The molecule has 24 heavy (non-hydrogen) atoms. The van der Waals surface area contributed by atoms with Gasteiger partial charge in [-0.25, -0.2) is 5.48 Å². The Balaban J connectivity index is 2.18. The van der Waals surface area contributed by atoms with Crippen LogP contribution in [0.5, 0.6) is 0 Å². The molecule has 0 aliphatic rings. The van der Waals surface area contributed by atoms with E-state index in [0.717, 1.165) is 5.69 Å². The number of ether oxygens (including phenoxy) is 1. The molecule has 0 saturated heterocycles. The Bertz CT molecular complexity index is 671. The fourth-order valence-electron chi connectivity index (χ4n) is 2.28. The summed E-state index contributed by atoms with van der Waals surface area (Å²) in [5.74, 6) is -0.642. The number of hydrogen-bond acceptors (Lipinski definition) is 4. The second-order valence-electron chi connectivity index (χ2n) is 5.19. The SMILES string of the molecule is COCCN(C(=O)c1ccc(CC(=O)NO)cc1)c1ccccc1. The minimum atomic E-state index is -0.500. The van der Waals surface area contributed by atoms with Crippen LogP contribution in [0.15, 0.2) is 54.6 Å². The van der Waals surface area contributed by atoms with E-state index in [4.69, 9.17) is 9.94 Å². The fourth-order valence-corrected chi connectivity index (χ4v) is 2.28. The van der Waals surface area contributed by atoms with Gasteiger partial charge in [-0.1, -0.05) is 30.3 Å². The molecular weight excluding hydrogens is 308 g/mol. The van der Waals surface area contributed by atoms with E-state index in [0.29, 0.717) is 24.3 Å². The maximum Gasteiger partial charge on any atom is 0.258 e. The first-order valence-electron chi connectivity index (χ1n) is 7.53. The van der Waals surface area contributed by atoms with E-state index < -0.39 is 5.91 Å². The van der Waals surface area contributed by atoms with E-state index in [9.17, 15) is 9.59 Å². The fraction of sp³-hybridized carbons (Fsp3) is 0.222. The molecule has 0 heterocycles. The quantitative estimate of drug-likeness (QED) is 0.602. The molecule has 0 radical (unpaired) electrons. The number of nitrogens with zero attached hydrogens (tertiary/aromatic N) is 1. The molecule has 0 aliphatic heterocycles. The molecule has 0 unspecified atom stereocenters. The number of rotatable bonds is 7. The van der Waals surface area contributed by atoms with E-state index in [2.05, 4.69) is 0 Å². The van der Waals surface area contributed by atoms with Crippen molar-refractivity contribution < 1.29 is 19.5 Å². The summed E-state index contributed by atoms with van der Waals surface area (Å²) < 4.78 is 5.09. The Hall–Kier alpha value is -2.70. The van der Waals surface area contributed by atoms with Crippen LogP contribution in [-0.2, 0) is 16.0 Å². The Morgan fingerprint density at radius 2 is 1.75 bits per heavy atom. The Labute approximate surface area is 140 Å². The van der Waals surface area contributed by atoms with Crippen molar-refractivity contribution in [3.05, 3.63) is 65.7 Å². The summed E-state index contributed by atoms with van der Waals surface area (Å²) in [5, 5.41) is 8.55. The minimum Gasteiger partial charge on any atom is -0.383 e. The van der Waals surface area contributed by atoms with Crippen molar-refractivity contribution >= 4 is 17.5 Å². The van der Waals surface area contributed by atoms with Gasteiger partial charge in [0, 0.05) is 24.9 Å². The average molecular weight is 328 g/mol. The topological polar surface area (TPSA) is 78.9 Å². The van der Waals surface area contributed by atoms with Crippen LogP contribution in [0.4, 0.5) is 5.69 Å². The van der Waals surface area contributed by atoms with Crippen LogP contribution in [-0.4, -0.2) is 37.3 Å². The van der Waals surface area contributed by atoms with Crippen molar-refractivity contribution in [1.82, 2.24) is 5.48 Å². The van der Waals surface area contributed by atoms with Crippen molar-refractivity contribution in [3.63, 3.8) is 0 Å². The van der Waals surface area contributed by atoms with Crippen molar-refractivity contribution in [1.29, 1.82) is 0 Å². The van der Waals surface area contributed by atoms with Crippen LogP contribution in [0.3, 0.4) is 0 Å². The molecule has 6 nitrogen and oxygen atoms in total. The molecule has 0 fully saturated rings. The maximum absolute atomic E-state index is 12.8. The Kier molecular flexibility index (Phi) is 6.48. The molecule has 0 bridgehead atoms. The third kappa shape index (κ3) is 4.65. The number of methoxy groups -OCH3 is 1. The molecule has 0 aliphatic carbocycles. The smallest absolute Gasteiger partial charge is 0.258 e. The standard InChI is InChI=1S/C18H20N2O4/c1-24-12-11-20(16-5-3-2-4-6-16)18(22)15-9-7-14(8-10-15)13-17(21)19-23/h2-10,23H,11-13H2,1H3,(H,19,21). The van der Waals surface area contributed by atoms with Crippen LogP contribution in [0.25, 0.3) is 0 Å². The van der Waals surface area contributed by atoms with Crippen LogP contribution in [0, 0.1) is 0 Å². The lowest BCUT2D eigenvalue weighted by atomic mass is 10.1. The molecule has 2 aromatic rings. The number of carbonyl (C=O) groups excluding carboxylic acids is 2. The van der Waals surface area contributed by atoms with Gasteiger partial charge in [0.25, 0.3) is 5.91 Å². The first-order valence-corrected chi connectivity index (χ1v) is 7.53. The monoisotopic (exact) mass is 328 g/mol. The predicted octanol–water partition coefficient (Wildman–Crippen LogP) is 2.03. The third-order valence-electron chi connectivity index (χ3n) is 3.52. The van der Waals surface area contributed by atoms with Gasteiger partial charge in [-0.2, -0.15) is 0 Å². The molecule has 6 heteroatoms. The third-order valence-corrected chi connectivity index (χ3v) is 3.52. The number of hydrogen-bond donors (Lipinski definition) is 2. The van der Waals surface area contributed by atoms with Crippen LogP contribution < -0.4 is 10.4 Å². The highest BCUT2D eigenvalue weighted by atomic mass is 16.5. The number of amides is 2. The predicted molar refractivity (Wildman–Crippen MR) is 90.1 cm³/mol. The van der Waals surface area contributed by atoms with Crippen LogP contribution in [0.1, 0.15) is 15.9 Å². The van der Waals surface area contributed by atoms with Gasteiger partial charge in [0.05, 0.1) is 13.0 Å². The van der Waals surface area contributed by atoms with Crippen molar-refractivity contribution in [2.75, 3.05) is 25.2 Å². The second kappa shape index (κ2) is 8.81. The number of para-hydroxylation sites is 1. The molecule has 2 rings (SSSR count). The number of hydroxylamine groups is 1. The molecule has 2 aromatic carbocycles. The number of nitrogens with one attached hydrogen (secondary N) is 1. The van der Waals surface area contributed by atoms with E-state index in [1.165, 1.54) is 0 Å². The van der Waals surface area contributed by atoms with Crippen molar-refractivity contribution in [2.45, 2.75) is 6.42 Å². The van der Waals surface area contributed by atoms with Gasteiger partial charge in [0.2, 0.25) is 5.91 Å². The second-order valence-corrected chi connectivity index (χ2v) is 5.19. The van der Waals surface area contributed by atoms with Gasteiger partial charge in [0.1, 0.15) is 0 Å². The molecule has 0 aromatic heterocycles. The highest BCUT2D eigenvalue weighted by Gasteiger charge is 2.17. The van der Waals surface area contributed by atoms with Gasteiger partial charge in [-0.05, 0) is 29.8 Å². The zero-order valence-electron chi connectivity index (χ0n) is 13.4. The average Bonchev–Trinajstić information content (AvgIpc) is 2.63. The minimum absolute atomic E-state index is 0.0526. The molecule has 0 spiro atoms. The zero-order valence-corrected chi connectivity index (χ0v) is 13.4. The highest BCUT2D eigenvalue weighted by Crippen LogP contribution is 2.17. The Morgan fingerprint density at radius 1 is 1.08 bits per heavy atom. The molecule has 126 valence electrons. The van der Waals surface area contributed by atoms with E-state index >= 15 is 0 Å². The Morgan fingerprint density at radius 3 is 2.33 bits per heavy atom. The summed E-state index contributed by atoms with van der Waals surface area (Å²) in [5.41, 5.74) is 3.61. The van der Waals surface area contributed by atoms with Gasteiger partial charge >= 0.3 is 0 Å². The molecule has 2 N–H and O–H groups in total. The largest absolute Gasteiger partial charge is 0.383 e.